The van der Waals surface area contributed by atoms with E-state index in [9.17, 15) is 14.0 Å². The molecule has 2 heterocycles. The van der Waals surface area contributed by atoms with Gasteiger partial charge < -0.3 is 15.1 Å². The first-order chi connectivity index (χ1) is 13.0. The molecule has 3 rings (SSSR count). The molecule has 0 spiro atoms. The molecule has 0 unspecified atom stereocenters. The molecule has 1 aliphatic rings. The molecule has 2 aromatic rings. The predicted octanol–water partition coefficient (Wildman–Crippen LogP) is 1.74. The molecule has 1 fully saturated rings. The van der Waals surface area contributed by atoms with Crippen LogP contribution < -0.4 is 10.2 Å². The van der Waals surface area contributed by atoms with Crippen molar-refractivity contribution in [1.82, 2.24) is 4.90 Å². The number of hydrogen-bond donors (Lipinski definition) is 2. The van der Waals surface area contributed by atoms with Crippen LogP contribution in [0.2, 0.25) is 0 Å². The van der Waals surface area contributed by atoms with Crippen LogP contribution >= 0.6 is 11.3 Å². The molecule has 0 saturated carbocycles. The molecule has 0 bridgehead atoms. The minimum atomic E-state index is -0.373. The first-order valence-corrected chi connectivity index (χ1v) is 10.1. The Kier molecular flexibility index (Phi) is 6.23. The van der Waals surface area contributed by atoms with Gasteiger partial charge in [-0.05, 0) is 43.2 Å². The maximum atomic E-state index is 13.2. The van der Waals surface area contributed by atoms with E-state index in [1.165, 1.54) is 22.6 Å². The van der Waals surface area contributed by atoms with Crippen LogP contribution in [0.25, 0.3) is 0 Å². The van der Waals surface area contributed by atoms with Crippen molar-refractivity contribution in [2.75, 3.05) is 38.0 Å². The lowest BCUT2D eigenvalue weighted by atomic mass is 10.2. The lowest BCUT2D eigenvalue weighted by molar-refractivity contribution is -0.895. The zero-order chi connectivity index (χ0) is 19.4. The summed E-state index contributed by atoms with van der Waals surface area (Å²) in [5, 5.41) is 2.73. The second kappa shape index (κ2) is 8.63. The van der Waals surface area contributed by atoms with Crippen molar-refractivity contribution >= 4 is 28.8 Å². The van der Waals surface area contributed by atoms with E-state index >= 15 is 0 Å². The maximum Gasteiger partial charge on any atom is 0.279 e. The van der Waals surface area contributed by atoms with Crippen molar-refractivity contribution in [3.63, 3.8) is 0 Å². The average Bonchev–Trinajstić information content (AvgIpc) is 3.02. The molecule has 1 saturated heterocycles. The largest absolute Gasteiger partial charge is 0.327 e. The van der Waals surface area contributed by atoms with Crippen LogP contribution in [-0.2, 0) is 11.2 Å². The number of nitrogens with one attached hydrogen (secondary N) is 2. The molecule has 0 aliphatic carbocycles. The van der Waals surface area contributed by atoms with Crippen LogP contribution in [0.5, 0.6) is 0 Å². The molecule has 1 aliphatic heterocycles. The molecule has 7 heteroatoms. The van der Waals surface area contributed by atoms with E-state index in [1.807, 2.05) is 11.0 Å². The van der Waals surface area contributed by atoms with Crippen molar-refractivity contribution in [1.29, 1.82) is 0 Å². The third-order valence-electron chi connectivity index (χ3n) is 4.89. The van der Waals surface area contributed by atoms with E-state index in [-0.39, 0.29) is 17.6 Å². The number of carbonyl (C=O) groups excluding carboxylic acids is 2. The van der Waals surface area contributed by atoms with Crippen LogP contribution in [0.3, 0.4) is 0 Å². The maximum absolute atomic E-state index is 13.2. The summed E-state index contributed by atoms with van der Waals surface area (Å²) in [6.45, 7) is 7.21. The first-order valence-electron chi connectivity index (χ1n) is 9.24. The monoisotopic (exact) mass is 390 g/mol. The van der Waals surface area contributed by atoms with Gasteiger partial charge in [0.1, 0.15) is 5.82 Å². The lowest BCUT2D eigenvalue weighted by Gasteiger charge is -2.31. The minimum absolute atomic E-state index is 0.0889. The highest BCUT2D eigenvalue weighted by Crippen LogP contribution is 2.23. The number of quaternary nitrogens is 1. The topological polar surface area (TPSA) is 53.9 Å². The second-order valence-electron chi connectivity index (χ2n) is 6.82. The molecule has 2 N–H and O–H groups in total. The van der Waals surface area contributed by atoms with E-state index in [4.69, 9.17) is 0 Å². The zero-order valence-electron chi connectivity index (χ0n) is 15.7. The quantitative estimate of drug-likeness (QED) is 0.817. The Balaban J connectivity index is 1.49. The van der Waals surface area contributed by atoms with Crippen molar-refractivity contribution in [2.24, 2.45) is 0 Å². The highest BCUT2D eigenvalue weighted by Gasteiger charge is 2.27. The fraction of sp³-hybridized carbons (Fsp3) is 0.400. The lowest BCUT2D eigenvalue weighted by Crippen LogP contribution is -3.15. The van der Waals surface area contributed by atoms with Gasteiger partial charge in [-0.25, -0.2) is 4.39 Å². The summed E-state index contributed by atoms with van der Waals surface area (Å²) in [5.41, 5.74) is 1.70. The van der Waals surface area contributed by atoms with Crippen molar-refractivity contribution in [3.8, 4) is 0 Å². The normalized spacial score (nSPS) is 15.0. The van der Waals surface area contributed by atoms with Crippen molar-refractivity contribution < 1.29 is 18.9 Å². The van der Waals surface area contributed by atoms with Gasteiger partial charge in [-0.2, -0.15) is 0 Å². The Labute approximate surface area is 162 Å². The number of piperazine rings is 1. The zero-order valence-corrected chi connectivity index (χ0v) is 16.5. The number of anilines is 1. The molecule has 2 amide bonds. The predicted molar refractivity (Wildman–Crippen MR) is 105 cm³/mol. The van der Waals surface area contributed by atoms with Gasteiger partial charge in [-0.15, -0.1) is 11.3 Å². The number of rotatable bonds is 5. The second-order valence-corrected chi connectivity index (χ2v) is 8.08. The van der Waals surface area contributed by atoms with E-state index in [0.717, 1.165) is 29.3 Å². The van der Waals surface area contributed by atoms with Gasteiger partial charge in [0.05, 0.1) is 31.1 Å². The van der Waals surface area contributed by atoms with Crippen LogP contribution in [0.1, 0.15) is 27.0 Å². The summed E-state index contributed by atoms with van der Waals surface area (Å²) in [6, 6.07) is 7.89. The SMILES string of the molecule is CCc1cc(C(=O)N2CC[NH+](CC(=O)Nc3cccc(F)c3)CC2)sc1C. The smallest absolute Gasteiger partial charge is 0.279 e. The van der Waals surface area contributed by atoms with Crippen LogP contribution in [0.15, 0.2) is 30.3 Å². The van der Waals surface area contributed by atoms with Gasteiger partial charge in [0.25, 0.3) is 11.8 Å². The summed E-state index contributed by atoms with van der Waals surface area (Å²) >= 11 is 1.56. The number of hydrogen-bond acceptors (Lipinski definition) is 3. The first kappa shape index (κ1) is 19.5. The van der Waals surface area contributed by atoms with E-state index in [2.05, 4.69) is 19.2 Å². The Hall–Kier alpha value is -2.25. The fourth-order valence-corrected chi connectivity index (χ4v) is 4.42. The molecular weight excluding hydrogens is 365 g/mol. The molecule has 0 atom stereocenters. The van der Waals surface area contributed by atoms with Gasteiger partial charge in [-0.3, -0.25) is 9.59 Å². The minimum Gasteiger partial charge on any atom is -0.327 e. The number of aryl methyl sites for hydroxylation is 2. The van der Waals surface area contributed by atoms with Gasteiger partial charge in [0, 0.05) is 10.6 Å². The number of benzene rings is 1. The van der Waals surface area contributed by atoms with Crippen LogP contribution in [-0.4, -0.2) is 49.4 Å². The molecule has 1 aromatic carbocycles. The summed E-state index contributed by atoms with van der Waals surface area (Å²) in [5.74, 6) is -0.426. The summed E-state index contributed by atoms with van der Waals surface area (Å²) in [4.78, 5) is 29.9. The number of halogens is 1. The summed E-state index contributed by atoms with van der Waals surface area (Å²) < 4.78 is 13.2. The Morgan fingerprint density at radius 1 is 1.26 bits per heavy atom. The van der Waals surface area contributed by atoms with Gasteiger partial charge in [0.2, 0.25) is 0 Å². The highest BCUT2D eigenvalue weighted by atomic mass is 32.1. The van der Waals surface area contributed by atoms with Crippen LogP contribution in [0.4, 0.5) is 10.1 Å². The molecule has 0 radical (unpaired) electrons. The van der Waals surface area contributed by atoms with E-state index in [1.54, 1.807) is 23.5 Å². The highest BCUT2D eigenvalue weighted by molar-refractivity contribution is 7.14. The van der Waals surface area contributed by atoms with Gasteiger partial charge >= 0.3 is 0 Å². The Bertz CT molecular complexity index is 828. The average molecular weight is 391 g/mol. The Morgan fingerprint density at radius 3 is 2.63 bits per heavy atom. The molecule has 1 aromatic heterocycles. The number of carbonyl (C=O) groups is 2. The third-order valence-corrected chi connectivity index (χ3v) is 5.97. The third kappa shape index (κ3) is 4.93. The fourth-order valence-electron chi connectivity index (χ4n) is 3.33. The summed E-state index contributed by atoms with van der Waals surface area (Å²) in [6.07, 6.45) is 0.938. The van der Waals surface area contributed by atoms with Crippen LogP contribution in [0, 0.1) is 12.7 Å². The number of thiophene rings is 1. The van der Waals surface area contributed by atoms with E-state index in [0.29, 0.717) is 25.3 Å². The van der Waals surface area contributed by atoms with Gasteiger partial charge in [-0.1, -0.05) is 13.0 Å². The molecule has 5 nitrogen and oxygen atoms in total. The Morgan fingerprint density at radius 2 is 2.00 bits per heavy atom. The molecular formula is C20H25FN3O2S+. The summed E-state index contributed by atoms with van der Waals surface area (Å²) in [7, 11) is 0. The van der Waals surface area contributed by atoms with Gasteiger partial charge in [0.15, 0.2) is 6.54 Å². The number of nitrogens with zero attached hydrogens (tertiary/aromatic N) is 1. The van der Waals surface area contributed by atoms with Crippen molar-refractivity contribution in [2.45, 2.75) is 20.3 Å². The standard InChI is InChI=1S/C20H24FN3O2S/c1-3-15-11-18(27-14(15)2)20(26)24-9-7-23(8-10-24)13-19(25)22-17-6-4-5-16(21)12-17/h4-6,11-12H,3,7-10,13H2,1-2H3,(H,22,25)/p+1. The van der Waals surface area contributed by atoms with Crippen molar-refractivity contribution in [3.05, 3.63) is 51.5 Å². The molecule has 27 heavy (non-hydrogen) atoms. The molecule has 144 valence electrons. The number of amides is 2. The van der Waals surface area contributed by atoms with E-state index < -0.39 is 0 Å².